The van der Waals surface area contributed by atoms with Crippen LogP contribution in [0.1, 0.15) is 49.7 Å². The van der Waals surface area contributed by atoms with E-state index in [9.17, 15) is 0 Å². The minimum absolute atomic E-state index is 0.453. The lowest BCUT2D eigenvalue weighted by Crippen LogP contribution is -2.35. The molecule has 2 aromatic heterocycles. The molecule has 4 heterocycles. The van der Waals surface area contributed by atoms with Crippen LogP contribution in [0.3, 0.4) is 0 Å². The first-order valence-electron chi connectivity index (χ1n) is 9.57. The SMILES string of the molecule is Cn1c(CN2CCCCC2)nnc1[C@@H]1CCCN(c2ccncc2)C1. The molecule has 2 aliphatic rings. The van der Waals surface area contributed by atoms with Gasteiger partial charge in [-0.05, 0) is 50.9 Å². The standard InChI is InChI=1S/C19H28N6/c1-23-18(15-24-11-3-2-4-12-24)21-22-19(23)16-6-5-13-25(14-16)17-7-9-20-10-8-17/h7-10,16H,2-6,11-15H2,1H3/t16-/m1/s1. The second kappa shape index (κ2) is 7.52. The van der Waals surface area contributed by atoms with Crippen LogP contribution < -0.4 is 4.90 Å². The zero-order valence-corrected chi connectivity index (χ0v) is 15.1. The van der Waals surface area contributed by atoms with Crippen molar-refractivity contribution < 1.29 is 0 Å². The van der Waals surface area contributed by atoms with E-state index in [0.29, 0.717) is 5.92 Å². The number of likely N-dealkylation sites (tertiary alicyclic amines) is 1. The molecule has 2 aliphatic heterocycles. The zero-order chi connectivity index (χ0) is 17.1. The first-order chi connectivity index (χ1) is 12.3. The molecule has 0 amide bonds. The van der Waals surface area contributed by atoms with Gasteiger partial charge in [0.1, 0.15) is 11.6 Å². The Bertz CT molecular complexity index is 676. The highest BCUT2D eigenvalue weighted by atomic mass is 15.3. The first-order valence-corrected chi connectivity index (χ1v) is 9.57. The number of piperidine rings is 2. The monoisotopic (exact) mass is 340 g/mol. The van der Waals surface area contributed by atoms with E-state index >= 15 is 0 Å². The van der Waals surface area contributed by atoms with Crippen molar-refractivity contribution in [2.45, 2.75) is 44.6 Å². The maximum Gasteiger partial charge on any atom is 0.146 e. The van der Waals surface area contributed by atoms with E-state index in [1.807, 2.05) is 12.4 Å². The lowest BCUT2D eigenvalue weighted by molar-refractivity contribution is 0.213. The molecular weight excluding hydrogens is 312 g/mol. The van der Waals surface area contributed by atoms with Gasteiger partial charge in [0, 0.05) is 44.1 Å². The third kappa shape index (κ3) is 3.68. The number of pyridine rings is 1. The number of hydrogen-bond donors (Lipinski definition) is 0. The fraction of sp³-hybridized carbons (Fsp3) is 0.632. The normalized spacial score (nSPS) is 22.3. The van der Waals surface area contributed by atoms with E-state index in [1.54, 1.807) is 0 Å². The predicted molar refractivity (Wildman–Crippen MR) is 98.6 cm³/mol. The first kappa shape index (κ1) is 16.5. The highest BCUT2D eigenvalue weighted by Crippen LogP contribution is 2.29. The zero-order valence-electron chi connectivity index (χ0n) is 15.1. The number of anilines is 1. The van der Waals surface area contributed by atoms with Gasteiger partial charge in [0.15, 0.2) is 0 Å². The minimum Gasteiger partial charge on any atom is -0.371 e. The minimum atomic E-state index is 0.453. The average Bonchev–Trinajstić information content (AvgIpc) is 3.04. The Balaban J connectivity index is 1.46. The van der Waals surface area contributed by atoms with Crippen molar-refractivity contribution in [3.8, 4) is 0 Å². The summed E-state index contributed by atoms with van der Waals surface area (Å²) >= 11 is 0. The van der Waals surface area contributed by atoms with E-state index in [2.05, 4.69) is 48.7 Å². The third-order valence-corrected chi connectivity index (χ3v) is 5.63. The molecule has 0 bridgehead atoms. The molecule has 0 spiro atoms. The van der Waals surface area contributed by atoms with Crippen molar-refractivity contribution in [3.63, 3.8) is 0 Å². The molecule has 0 unspecified atom stereocenters. The van der Waals surface area contributed by atoms with Crippen LogP contribution in [0.4, 0.5) is 5.69 Å². The van der Waals surface area contributed by atoms with Crippen molar-refractivity contribution in [2.24, 2.45) is 7.05 Å². The van der Waals surface area contributed by atoms with E-state index in [-0.39, 0.29) is 0 Å². The Morgan fingerprint density at radius 1 is 1.00 bits per heavy atom. The molecular formula is C19H28N6. The van der Waals surface area contributed by atoms with Gasteiger partial charge in [0.2, 0.25) is 0 Å². The van der Waals surface area contributed by atoms with Crippen LogP contribution in [0.2, 0.25) is 0 Å². The summed E-state index contributed by atoms with van der Waals surface area (Å²) in [4.78, 5) is 9.10. The number of aromatic nitrogens is 4. The van der Waals surface area contributed by atoms with Crippen LogP contribution in [-0.4, -0.2) is 50.8 Å². The van der Waals surface area contributed by atoms with Gasteiger partial charge in [0.25, 0.3) is 0 Å². The fourth-order valence-corrected chi connectivity index (χ4v) is 4.16. The molecule has 0 saturated carbocycles. The van der Waals surface area contributed by atoms with Crippen LogP contribution in [-0.2, 0) is 13.6 Å². The molecule has 2 saturated heterocycles. The second-order valence-electron chi connectivity index (χ2n) is 7.36. The van der Waals surface area contributed by atoms with Gasteiger partial charge in [-0.15, -0.1) is 10.2 Å². The average molecular weight is 340 g/mol. The Morgan fingerprint density at radius 3 is 2.60 bits per heavy atom. The number of rotatable bonds is 4. The summed E-state index contributed by atoms with van der Waals surface area (Å²) in [5, 5.41) is 9.11. The second-order valence-corrected chi connectivity index (χ2v) is 7.36. The molecule has 2 aromatic rings. The topological polar surface area (TPSA) is 50.1 Å². The van der Waals surface area contributed by atoms with Crippen molar-refractivity contribution in [2.75, 3.05) is 31.1 Å². The molecule has 6 heteroatoms. The highest BCUT2D eigenvalue weighted by Gasteiger charge is 2.26. The maximum absolute atomic E-state index is 4.58. The molecule has 1 atom stereocenters. The molecule has 25 heavy (non-hydrogen) atoms. The molecule has 0 radical (unpaired) electrons. The maximum atomic E-state index is 4.58. The van der Waals surface area contributed by atoms with Crippen LogP contribution >= 0.6 is 0 Å². The van der Waals surface area contributed by atoms with Gasteiger partial charge >= 0.3 is 0 Å². The summed E-state index contributed by atoms with van der Waals surface area (Å²) in [5.74, 6) is 2.71. The summed E-state index contributed by atoms with van der Waals surface area (Å²) in [7, 11) is 2.14. The van der Waals surface area contributed by atoms with E-state index in [0.717, 1.165) is 31.3 Å². The lowest BCUT2D eigenvalue weighted by atomic mass is 9.96. The molecule has 6 nitrogen and oxygen atoms in total. The fourth-order valence-electron chi connectivity index (χ4n) is 4.16. The molecule has 2 fully saturated rings. The Kier molecular flexibility index (Phi) is 4.97. The van der Waals surface area contributed by atoms with Crippen LogP contribution in [0.5, 0.6) is 0 Å². The van der Waals surface area contributed by atoms with Crippen molar-refractivity contribution in [1.29, 1.82) is 0 Å². The van der Waals surface area contributed by atoms with Gasteiger partial charge in [0.05, 0.1) is 6.54 Å². The summed E-state index contributed by atoms with van der Waals surface area (Å²) in [6.07, 6.45) is 10.1. The van der Waals surface area contributed by atoms with Crippen molar-refractivity contribution in [3.05, 3.63) is 36.2 Å². The lowest BCUT2D eigenvalue weighted by Gasteiger charge is -2.34. The summed E-state index contributed by atoms with van der Waals surface area (Å²) in [6.45, 7) is 5.45. The molecule has 0 aromatic carbocycles. The van der Waals surface area contributed by atoms with Gasteiger partial charge in [-0.3, -0.25) is 9.88 Å². The number of hydrogen-bond acceptors (Lipinski definition) is 5. The molecule has 0 N–H and O–H groups in total. The third-order valence-electron chi connectivity index (χ3n) is 5.63. The Labute approximate surface area is 149 Å². The van der Waals surface area contributed by atoms with E-state index < -0.39 is 0 Å². The van der Waals surface area contributed by atoms with E-state index in [1.165, 1.54) is 50.9 Å². The highest BCUT2D eigenvalue weighted by molar-refractivity contribution is 5.45. The molecule has 4 rings (SSSR count). The summed E-state index contributed by atoms with van der Waals surface area (Å²) in [6, 6.07) is 4.20. The van der Waals surface area contributed by atoms with E-state index in [4.69, 9.17) is 0 Å². The quantitative estimate of drug-likeness (QED) is 0.856. The Hall–Kier alpha value is -1.95. The molecule has 0 aliphatic carbocycles. The van der Waals surface area contributed by atoms with Crippen molar-refractivity contribution in [1.82, 2.24) is 24.6 Å². The number of nitrogens with zero attached hydrogens (tertiary/aromatic N) is 6. The van der Waals surface area contributed by atoms with Crippen LogP contribution in [0.15, 0.2) is 24.5 Å². The predicted octanol–water partition coefficient (Wildman–Crippen LogP) is 2.58. The summed E-state index contributed by atoms with van der Waals surface area (Å²) in [5.41, 5.74) is 1.26. The largest absolute Gasteiger partial charge is 0.371 e. The summed E-state index contributed by atoms with van der Waals surface area (Å²) < 4.78 is 2.25. The van der Waals surface area contributed by atoms with Gasteiger partial charge < -0.3 is 9.47 Å². The molecule has 134 valence electrons. The van der Waals surface area contributed by atoms with Gasteiger partial charge in [-0.1, -0.05) is 6.42 Å². The van der Waals surface area contributed by atoms with Gasteiger partial charge in [-0.25, -0.2) is 0 Å². The van der Waals surface area contributed by atoms with Crippen LogP contribution in [0.25, 0.3) is 0 Å². The Morgan fingerprint density at radius 2 is 1.80 bits per heavy atom. The van der Waals surface area contributed by atoms with Crippen LogP contribution in [0, 0.1) is 0 Å². The van der Waals surface area contributed by atoms with Crippen molar-refractivity contribution >= 4 is 5.69 Å². The smallest absolute Gasteiger partial charge is 0.146 e. The van der Waals surface area contributed by atoms with Gasteiger partial charge in [-0.2, -0.15) is 0 Å².